The Kier molecular flexibility index (Phi) is 11.8. The first-order chi connectivity index (χ1) is 10.3. The average Bonchev–Trinajstić information content (AvgIpc) is 2.41. The highest BCUT2D eigenvalue weighted by atomic mass is 32.2. The zero-order valence-electron chi connectivity index (χ0n) is 15.0. The number of alkyl carbamates (subject to hydrolysis) is 1. The van der Waals surface area contributed by atoms with Crippen molar-refractivity contribution in [1.82, 2.24) is 10.6 Å². The van der Waals surface area contributed by atoms with E-state index in [2.05, 4.69) is 23.8 Å². The second-order valence-corrected chi connectivity index (χ2v) is 7.79. The van der Waals surface area contributed by atoms with Crippen LogP contribution < -0.4 is 10.6 Å². The number of hydrogen-bond acceptors (Lipinski definition) is 5. The molecular formula is C16H34N2O3S. The molecule has 0 fully saturated rings. The first kappa shape index (κ1) is 21.5. The van der Waals surface area contributed by atoms with Crippen LogP contribution in [0.5, 0.6) is 0 Å². The van der Waals surface area contributed by atoms with Gasteiger partial charge < -0.3 is 20.1 Å². The van der Waals surface area contributed by atoms with Crippen LogP contribution in [0.25, 0.3) is 0 Å². The van der Waals surface area contributed by atoms with E-state index in [9.17, 15) is 4.79 Å². The van der Waals surface area contributed by atoms with E-state index in [0.717, 1.165) is 25.8 Å². The molecule has 2 atom stereocenters. The summed E-state index contributed by atoms with van der Waals surface area (Å²) >= 11 is 1.89. The standard InChI is InChI=1S/C16H34N2O3S/c1-13(22-6)9-11-17-14(12-20-5)8-7-10-18-15(19)21-16(2,3)4/h13-14,17H,7-12H2,1-6H3,(H,18,19). The highest BCUT2D eigenvalue weighted by molar-refractivity contribution is 7.99. The first-order valence-electron chi connectivity index (χ1n) is 8.00. The summed E-state index contributed by atoms with van der Waals surface area (Å²) in [6.07, 6.45) is 4.81. The summed E-state index contributed by atoms with van der Waals surface area (Å²) in [6.45, 7) is 10.1. The monoisotopic (exact) mass is 334 g/mol. The van der Waals surface area contributed by atoms with E-state index >= 15 is 0 Å². The highest BCUT2D eigenvalue weighted by Gasteiger charge is 2.15. The lowest BCUT2D eigenvalue weighted by atomic mass is 10.1. The minimum Gasteiger partial charge on any atom is -0.444 e. The van der Waals surface area contributed by atoms with Crippen LogP contribution in [-0.4, -0.2) is 56.0 Å². The predicted octanol–water partition coefficient (Wildman–Crippen LogP) is 3.04. The molecule has 132 valence electrons. The normalized spacial score (nSPS) is 14.5. The molecule has 0 saturated heterocycles. The van der Waals surface area contributed by atoms with Crippen LogP contribution in [0, 0.1) is 0 Å². The number of carbonyl (C=O) groups is 1. The van der Waals surface area contributed by atoms with E-state index < -0.39 is 5.60 Å². The predicted molar refractivity (Wildman–Crippen MR) is 94.7 cm³/mol. The summed E-state index contributed by atoms with van der Waals surface area (Å²) in [5.74, 6) is 0. The lowest BCUT2D eigenvalue weighted by molar-refractivity contribution is 0.0526. The fourth-order valence-electron chi connectivity index (χ4n) is 1.91. The third-order valence-corrected chi connectivity index (χ3v) is 4.19. The van der Waals surface area contributed by atoms with Crippen LogP contribution in [-0.2, 0) is 9.47 Å². The molecule has 22 heavy (non-hydrogen) atoms. The number of ether oxygens (including phenoxy) is 2. The van der Waals surface area contributed by atoms with Crippen molar-refractivity contribution in [2.75, 3.05) is 33.1 Å². The van der Waals surface area contributed by atoms with E-state index in [1.165, 1.54) is 0 Å². The van der Waals surface area contributed by atoms with Crippen LogP contribution in [0.1, 0.15) is 47.0 Å². The Morgan fingerprint density at radius 2 is 1.91 bits per heavy atom. The van der Waals surface area contributed by atoms with Crippen molar-refractivity contribution in [2.24, 2.45) is 0 Å². The Morgan fingerprint density at radius 1 is 1.23 bits per heavy atom. The molecule has 0 spiro atoms. The number of thioether (sulfide) groups is 1. The van der Waals surface area contributed by atoms with Gasteiger partial charge in [0.05, 0.1) is 6.61 Å². The van der Waals surface area contributed by atoms with Gasteiger partial charge in [0.15, 0.2) is 0 Å². The largest absolute Gasteiger partial charge is 0.444 e. The molecule has 2 unspecified atom stereocenters. The van der Waals surface area contributed by atoms with Crippen molar-refractivity contribution in [3.05, 3.63) is 0 Å². The van der Waals surface area contributed by atoms with Crippen LogP contribution in [0.2, 0.25) is 0 Å². The van der Waals surface area contributed by atoms with Gasteiger partial charge in [-0.25, -0.2) is 4.79 Å². The van der Waals surface area contributed by atoms with Crippen LogP contribution in [0.3, 0.4) is 0 Å². The molecule has 0 aliphatic heterocycles. The molecule has 5 nitrogen and oxygen atoms in total. The molecule has 0 aromatic carbocycles. The van der Waals surface area contributed by atoms with Crippen LogP contribution in [0.4, 0.5) is 4.79 Å². The third-order valence-electron chi connectivity index (χ3n) is 3.15. The third kappa shape index (κ3) is 13.2. The molecule has 6 heteroatoms. The van der Waals surface area contributed by atoms with Crippen molar-refractivity contribution >= 4 is 17.9 Å². The van der Waals surface area contributed by atoms with Gasteiger partial charge in [0.1, 0.15) is 5.60 Å². The SMILES string of the molecule is COCC(CCCNC(=O)OC(C)(C)C)NCCC(C)SC. The van der Waals surface area contributed by atoms with Crippen molar-refractivity contribution < 1.29 is 14.3 Å². The maximum Gasteiger partial charge on any atom is 0.407 e. The molecule has 2 N–H and O–H groups in total. The molecule has 0 rings (SSSR count). The molecule has 0 bridgehead atoms. The van der Waals surface area contributed by atoms with Crippen LogP contribution >= 0.6 is 11.8 Å². The Labute approximate surface area is 140 Å². The summed E-state index contributed by atoms with van der Waals surface area (Å²) in [6, 6.07) is 0.333. The average molecular weight is 335 g/mol. The van der Waals surface area contributed by atoms with Gasteiger partial charge in [-0.3, -0.25) is 0 Å². The van der Waals surface area contributed by atoms with Gasteiger partial charge in [-0.15, -0.1) is 0 Å². The fraction of sp³-hybridized carbons (Fsp3) is 0.938. The zero-order chi connectivity index (χ0) is 17.0. The van der Waals surface area contributed by atoms with Crippen molar-refractivity contribution in [1.29, 1.82) is 0 Å². The molecule has 0 heterocycles. The van der Waals surface area contributed by atoms with Gasteiger partial charge in [0.25, 0.3) is 0 Å². The maximum absolute atomic E-state index is 11.5. The second kappa shape index (κ2) is 12.0. The molecule has 0 radical (unpaired) electrons. The Hall–Kier alpha value is -0.460. The number of hydrogen-bond donors (Lipinski definition) is 2. The topological polar surface area (TPSA) is 59.6 Å². The van der Waals surface area contributed by atoms with E-state index in [4.69, 9.17) is 9.47 Å². The number of carbonyl (C=O) groups excluding carboxylic acids is 1. The summed E-state index contributed by atoms with van der Waals surface area (Å²) in [5, 5.41) is 6.99. The first-order valence-corrected chi connectivity index (χ1v) is 9.29. The molecular weight excluding hydrogens is 300 g/mol. The molecule has 0 saturated carbocycles. The van der Waals surface area contributed by atoms with E-state index in [1.54, 1.807) is 7.11 Å². The quantitative estimate of drug-likeness (QED) is 0.569. The number of nitrogens with one attached hydrogen (secondary N) is 2. The van der Waals surface area contributed by atoms with Crippen LogP contribution in [0.15, 0.2) is 0 Å². The Balaban J connectivity index is 3.83. The summed E-state index contributed by atoms with van der Waals surface area (Å²) in [4.78, 5) is 11.5. The number of methoxy groups -OCH3 is 1. The lowest BCUT2D eigenvalue weighted by Crippen LogP contribution is -2.36. The zero-order valence-corrected chi connectivity index (χ0v) is 15.8. The molecule has 0 aliphatic carbocycles. The summed E-state index contributed by atoms with van der Waals surface area (Å²) in [7, 11) is 1.72. The van der Waals surface area contributed by atoms with Crippen molar-refractivity contribution in [2.45, 2.75) is 63.9 Å². The van der Waals surface area contributed by atoms with Gasteiger partial charge in [0, 0.05) is 24.9 Å². The highest BCUT2D eigenvalue weighted by Crippen LogP contribution is 2.09. The molecule has 0 aromatic heterocycles. The van der Waals surface area contributed by atoms with Crippen molar-refractivity contribution in [3.8, 4) is 0 Å². The lowest BCUT2D eigenvalue weighted by Gasteiger charge is -2.21. The van der Waals surface area contributed by atoms with Gasteiger partial charge in [-0.2, -0.15) is 11.8 Å². The van der Waals surface area contributed by atoms with Gasteiger partial charge in [0.2, 0.25) is 0 Å². The molecule has 1 amide bonds. The smallest absolute Gasteiger partial charge is 0.407 e. The minimum atomic E-state index is -0.446. The number of amides is 1. The minimum absolute atomic E-state index is 0.333. The summed E-state index contributed by atoms with van der Waals surface area (Å²) < 4.78 is 10.5. The van der Waals surface area contributed by atoms with E-state index in [-0.39, 0.29) is 6.09 Å². The molecule has 0 aliphatic rings. The second-order valence-electron chi connectivity index (χ2n) is 6.51. The van der Waals surface area contributed by atoms with E-state index in [1.807, 2.05) is 32.5 Å². The Bertz CT molecular complexity index is 296. The summed E-state index contributed by atoms with van der Waals surface area (Å²) in [5.41, 5.74) is -0.446. The Morgan fingerprint density at radius 3 is 2.45 bits per heavy atom. The van der Waals surface area contributed by atoms with Gasteiger partial charge in [-0.05, 0) is 52.8 Å². The van der Waals surface area contributed by atoms with E-state index in [0.29, 0.717) is 24.4 Å². The fourth-order valence-corrected chi connectivity index (χ4v) is 2.26. The van der Waals surface area contributed by atoms with Gasteiger partial charge in [-0.1, -0.05) is 6.92 Å². The molecule has 0 aromatic rings. The van der Waals surface area contributed by atoms with Crippen molar-refractivity contribution in [3.63, 3.8) is 0 Å². The maximum atomic E-state index is 11.5. The van der Waals surface area contributed by atoms with Gasteiger partial charge >= 0.3 is 6.09 Å². The number of rotatable bonds is 11.